The number of carbonyl (C=O) groups is 1. The summed E-state index contributed by atoms with van der Waals surface area (Å²) in [5, 5.41) is 0. The Hall–Kier alpha value is -0.570. The number of nitrogens with zero attached hydrogens (tertiary/aromatic N) is 1. The van der Waals surface area contributed by atoms with Crippen molar-refractivity contribution in [3.05, 3.63) is 0 Å². The summed E-state index contributed by atoms with van der Waals surface area (Å²) in [4.78, 5) is 13.2. The number of carbonyl (C=O) groups excluding carboxylic acids is 1. The second kappa shape index (κ2) is 4.30. The summed E-state index contributed by atoms with van der Waals surface area (Å²) < 4.78 is 0. The first kappa shape index (κ1) is 11.5. The Morgan fingerprint density at radius 3 is 2.64 bits per heavy atom. The molecule has 0 unspecified atom stereocenters. The zero-order valence-corrected chi connectivity index (χ0v) is 9.55. The van der Waals surface area contributed by atoms with Crippen molar-refractivity contribution in [3.63, 3.8) is 0 Å². The first-order chi connectivity index (χ1) is 6.37. The zero-order valence-electron chi connectivity index (χ0n) is 9.55. The van der Waals surface area contributed by atoms with E-state index in [1.807, 2.05) is 0 Å². The molecule has 1 rings (SSSR count). The molecule has 0 spiro atoms. The van der Waals surface area contributed by atoms with Crippen molar-refractivity contribution in [3.8, 4) is 0 Å². The lowest BCUT2D eigenvalue weighted by Crippen LogP contribution is -2.31. The lowest BCUT2D eigenvalue weighted by Gasteiger charge is -2.26. The van der Waals surface area contributed by atoms with E-state index in [4.69, 9.17) is 5.73 Å². The van der Waals surface area contributed by atoms with Crippen LogP contribution in [0, 0.1) is 11.3 Å². The van der Waals surface area contributed by atoms with Gasteiger partial charge in [-0.1, -0.05) is 20.8 Å². The number of hydrogen-bond donors (Lipinski definition) is 1. The van der Waals surface area contributed by atoms with Crippen LogP contribution in [-0.2, 0) is 4.79 Å². The van der Waals surface area contributed by atoms with Crippen molar-refractivity contribution in [1.29, 1.82) is 0 Å². The molecule has 0 aromatic carbocycles. The number of amides is 1. The zero-order chi connectivity index (χ0) is 10.8. The Labute approximate surface area is 86.6 Å². The number of hydrogen-bond acceptors (Lipinski definition) is 2. The summed E-state index contributed by atoms with van der Waals surface area (Å²) in [6, 6.07) is 0. The van der Waals surface area contributed by atoms with Crippen LogP contribution in [0.4, 0.5) is 0 Å². The van der Waals surface area contributed by atoms with Gasteiger partial charge in [-0.2, -0.15) is 0 Å². The van der Waals surface area contributed by atoms with Gasteiger partial charge in [-0.3, -0.25) is 4.79 Å². The third-order valence-corrected chi connectivity index (χ3v) is 2.56. The fourth-order valence-electron chi connectivity index (χ4n) is 2.18. The SMILES string of the molecule is CC(C)(C)CN1CC[C@@H](CC(N)=O)C1. The fourth-order valence-corrected chi connectivity index (χ4v) is 2.18. The number of nitrogens with two attached hydrogens (primary N) is 1. The standard InChI is InChI=1S/C11H22N2O/c1-11(2,3)8-13-5-4-9(7-13)6-10(12)14/h9H,4-8H2,1-3H3,(H2,12,14)/t9-/m0/s1. The van der Waals surface area contributed by atoms with Crippen LogP contribution < -0.4 is 5.73 Å². The molecule has 0 aromatic rings. The molecule has 0 aliphatic carbocycles. The lowest BCUT2D eigenvalue weighted by molar-refractivity contribution is -0.118. The minimum atomic E-state index is -0.160. The quantitative estimate of drug-likeness (QED) is 0.741. The van der Waals surface area contributed by atoms with E-state index in [1.54, 1.807) is 0 Å². The van der Waals surface area contributed by atoms with Crippen molar-refractivity contribution in [2.45, 2.75) is 33.6 Å². The summed E-state index contributed by atoms with van der Waals surface area (Å²) in [6.45, 7) is 10.0. The lowest BCUT2D eigenvalue weighted by atomic mass is 9.96. The topological polar surface area (TPSA) is 46.3 Å². The predicted molar refractivity (Wildman–Crippen MR) is 57.8 cm³/mol. The van der Waals surface area contributed by atoms with E-state index in [0.717, 1.165) is 26.1 Å². The van der Waals surface area contributed by atoms with Crippen LogP contribution >= 0.6 is 0 Å². The van der Waals surface area contributed by atoms with Gasteiger partial charge in [0.15, 0.2) is 0 Å². The molecule has 1 fully saturated rings. The molecule has 0 aromatic heterocycles. The van der Waals surface area contributed by atoms with Gasteiger partial charge in [-0.25, -0.2) is 0 Å². The third kappa shape index (κ3) is 4.09. The molecule has 1 heterocycles. The largest absolute Gasteiger partial charge is 0.370 e. The molecule has 0 bridgehead atoms. The van der Waals surface area contributed by atoms with E-state index in [2.05, 4.69) is 25.7 Å². The Morgan fingerprint density at radius 1 is 1.50 bits per heavy atom. The van der Waals surface area contributed by atoms with Crippen LogP contribution in [0.1, 0.15) is 33.6 Å². The molecule has 82 valence electrons. The highest BCUT2D eigenvalue weighted by Crippen LogP contribution is 2.23. The van der Waals surface area contributed by atoms with E-state index in [1.165, 1.54) is 0 Å². The maximum Gasteiger partial charge on any atom is 0.217 e. The van der Waals surface area contributed by atoms with Crippen LogP contribution in [0.15, 0.2) is 0 Å². The molecule has 1 atom stereocenters. The number of primary amides is 1. The highest BCUT2D eigenvalue weighted by molar-refractivity contribution is 5.74. The molecule has 1 saturated heterocycles. The van der Waals surface area contributed by atoms with E-state index in [0.29, 0.717) is 17.8 Å². The molecule has 1 aliphatic rings. The minimum absolute atomic E-state index is 0.160. The molecule has 1 amide bonds. The van der Waals surface area contributed by atoms with Crippen LogP contribution in [0.2, 0.25) is 0 Å². The van der Waals surface area contributed by atoms with Crippen molar-refractivity contribution in [2.24, 2.45) is 17.1 Å². The minimum Gasteiger partial charge on any atom is -0.370 e. The molecule has 1 aliphatic heterocycles. The monoisotopic (exact) mass is 198 g/mol. The van der Waals surface area contributed by atoms with E-state index >= 15 is 0 Å². The van der Waals surface area contributed by atoms with Crippen LogP contribution in [0.5, 0.6) is 0 Å². The van der Waals surface area contributed by atoms with Gasteiger partial charge < -0.3 is 10.6 Å². The normalized spacial score (nSPS) is 24.1. The van der Waals surface area contributed by atoms with Crippen molar-refractivity contribution < 1.29 is 4.79 Å². The summed E-state index contributed by atoms with van der Waals surface area (Å²) in [7, 11) is 0. The Bertz CT molecular complexity index is 208. The molecule has 0 saturated carbocycles. The molecule has 3 heteroatoms. The molecule has 0 radical (unpaired) electrons. The van der Waals surface area contributed by atoms with Gasteiger partial charge in [0.2, 0.25) is 5.91 Å². The maximum atomic E-state index is 10.8. The van der Waals surface area contributed by atoms with Crippen LogP contribution in [0.3, 0.4) is 0 Å². The summed E-state index contributed by atoms with van der Waals surface area (Å²) >= 11 is 0. The second-order valence-electron chi connectivity index (χ2n) is 5.62. The summed E-state index contributed by atoms with van der Waals surface area (Å²) in [6.07, 6.45) is 1.68. The summed E-state index contributed by atoms with van der Waals surface area (Å²) in [5.41, 5.74) is 5.54. The number of rotatable bonds is 3. The third-order valence-electron chi connectivity index (χ3n) is 2.56. The van der Waals surface area contributed by atoms with Crippen LogP contribution in [0.25, 0.3) is 0 Å². The van der Waals surface area contributed by atoms with Crippen LogP contribution in [-0.4, -0.2) is 30.4 Å². The Morgan fingerprint density at radius 2 is 2.14 bits per heavy atom. The van der Waals surface area contributed by atoms with Gasteiger partial charge in [0.1, 0.15) is 0 Å². The Kier molecular flexibility index (Phi) is 3.53. The molecular weight excluding hydrogens is 176 g/mol. The van der Waals surface area contributed by atoms with Crippen molar-refractivity contribution >= 4 is 5.91 Å². The smallest absolute Gasteiger partial charge is 0.217 e. The molecule has 3 nitrogen and oxygen atoms in total. The van der Waals surface area contributed by atoms with Gasteiger partial charge >= 0.3 is 0 Å². The second-order valence-corrected chi connectivity index (χ2v) is 5.62. The molecule has 2 N–H and O–H groups in total. The van der Waals surface area contributed by atoms with E-state index < -0.39 is 0 Å². The van der Waals surface area contributed by atoms with E-state index in [9.17, 15) is 4.79 Å². The molecular formula is C11H22N2O. The maximum absolute atomic E-state index is 10.8. The molecule has 14 heavy (non-hydrogen) atoms. The fraction of sp³-hybridized carbons (Fsp3) is 0.909. The first-order valence-electron chi connectivity index (χ1n) is 5.37. The highest BCUT2D eigenvalue weighted by atomic mass is 16.1. The summed E-state index contributed by atoms with van der Waals surface area (Å²) in [5.74, 6) is 0.336. The van der Waals surface area contributed by atoms with E-state index in [-0.39, 0.29) is 5.91 Å². The average Bonchev–Trinajstić information content (AvgIpc) is 2.30. The van der Waals surface area contributed by atoms with Gasteiger partial charge in [-0.15, -0.1) is 0 Å². The average molecular weight is 198 g/mol. The van der Waals surface area contributed by atoms with Crippen molar-refractivity contribution in [2.75, 3.05) is 19.6 Å². The Balaban J connectivity index is 2.31. The van der Waals surface area contributed by atoms with Crippen molar-refractivity contribution in [1.82, 2.24) is 4.90 Å². The predicted octanol–water partition coefficient (Wildman–Crippen LogP) is 1.23. The van der Waals surface area contributed by atoms with Gasteiger partial charge in [-0.05, 0) is 24.3 Å². The highest BCUT2D eigenvalue weighted by Gasteiger charge is 2.26. The van der Waals surface area contributed by atoms with Gasteiger partial charge in [0, 0.05) is 19.5 Å². The first-order valence-corrected chi connectivity index (χ1v) is 5.37. The van der Waals surface area contributed by atoms with Gasteiger partial charge in [0.05, 0.1) is 0 Å². The van der Waals surface area contributed by atoms with Gasteiger partial charge in [0.25, 0.3) is 0 Å². The number of likely N-dealkylation sites (tertiary alicyclic amines) is 1.